The zero-order valence-corrected chi connectivity index (χ0v) is 11.2. The van der Waals surface area contributed by atoms with E-state index in [1.807, 2.05) is 6.92 Å². The summed E-state index contributed by atoms with van der Waals surface area (Å²) in [4.78, 5) is 8.10. The van der Waals surface area contributed by atoms with Crippen molar-refractivity contribution in [2.45, 2.75) is 23.8 Å². The van der Waals surface area contributed by atoms with Crippen molar-refractivity contribution in [1.29, 1.82) is 0 Å². The minimum atomic E-state index is -1.15. The first-order valence-electron chi connectivity index (χ1n) is 4.79. The number of nitrogens with zero attached hydrogens (tertiary/aromatic N) is 2. The average molecular weight is 282 g/mol. The second-order valence-corrected chi connectivity index (χ2v) is 5.52. The van der Waals surface area contributed by atoms with Gasteiger partial charge < -0.3 is 5.32 Å². The van der Waals surface area contributed by atoms with Crippen LogP contribution in [-0.2, 0) is 10.8 Å². The van der Waals surface area contributed by atoms with E-state index in [1.165, 1.54) is 0 Å². The van der Waals surface area contributed by atoms with Gasteiger partial charge in [-0.15, -0.1) is 12.4 Å². The van der Waals surface area contributed by atoms with Crippen LogP contribution in [0.1, 0.15) is 12.0 Å². The van der Waals surface area contributed by atoms with Gasteiger partial charge in [0.15, 0.2) is 0 Å². The van der Waals surface area contributed by atoms with E-state index in [-0.39, 0.29) is 17.7 Å². The van der Waals surface area contributed by atoms with Crippen LogP contribution in [0.3, 0.4) is 0 Å². The van der Waals surface area contributed by atoms with Crippen molar-refractivity contribution in [3.63, 3.8) is 0 Å². The molecule has 1 saturated heterocycles. The Hall–Kier alpha value is -0.230. The van der Waals surface area contributed by atoms with Crippen LogP contribution < -0.4 is 5.32 Å². The molecular weight excluding hydrogens is 269 g/mol. The molecule has 1 N–H and O–H groups in total. The Kier molecular flexibility index (Phi) is 5.11. The SMILES string of the molecule is Cc1cnc([S@](=O)[C@H]2CCNC2)nc1Cl.Cl. The van der Waals surface area contributed by atoms with Crippen LogP contribution in [0.25, 0.3) is 0 Å². The summed E-state index contributed by atoms with van der Waals surface area (Å²) >= 11 is 5.86. The molecule has 4 nitrogen and oxygen atoms in total. The largest absolute Gasteiger partial charge is 0.315 e. The molecule has 7 heteroatoms. The second kappa shape index (κ2) is 5.91. The highest BCUT2D eigenvalue weighted by Gasteiger charge is 2.24. The van der Waals surface area contributed by atoms with Crippen LogP contribution in [0.2, 0.25) is 5.15 Å². The van der Waals surface area contributed by atoms with Gasteiger partial charge in [0.2, 0.25) is 5.16 Å². The Labute approximate surface area is 108 Å². The molecule has 1 fully saturated rings. The summed E-state index contributed by atoms with van der Waals surface area (Å²) in [6, 6.07) is 0. The number of aryl methyl sites for hydroxylation is 1. The van der Waals surface area contributed by atoms with E-state index in [2.05, 4.69) is 15.3 Å². The van der Waals surface area contributed by atoms with E-state index in [4.69, 9.17) is 11.6 Å². The third kappa shape index (κ3) is 2.91. The van der Waals surface area contributed by atoms with Crippen LogP contribution in [0, 0.1) is 6.92 Å². The summed E-state index contributed by atoms with van der Waals surface area (Å²) in [6.07, 6.45) is 2.52. The summed E-state index contributed by atoms with van der Waals surface area (Å²) in [5, 5.41) is 4.02. The summed E-state index contributed by atoms with van der Waals surface area (Å²) < 4.78 is 12.0. The highest BCUT2D eigenvalue weighted by atomic mass is 35.5. The van der Waals surface area contributed by atoms with Gasteiger partial charge in [-0.1, -0.05) is 11.6 Å². The molecule has 0 spiro atoms. The minimum absolute atomic E-state index is 0. The molecular formula is C9H13Cl2N3OS. The van der Waals surface area contributed by atoms with Crippen molar-refractivity contribution in [2.75, 3.05) is 13.1 Å². The molecule has 0 saturated carbocycles. The van der Waals surface area contributed by atoms with Gasteiger partial charge in [0.05, 0.1) is 16.0 Å². The lowest BCUT2D eigenvalue weighted by Gasteiger charge is -2.07. The third-order valence-corrected chi connectivity index (χ3v) is 4.33. The Bertz CT molecular complexity index is 396. The fraction of sp³-hybridized carbons (Fsp3) is 0.556. The lowest BCUT2D eigenvalue weighted by Crippen LogP contribution is -2.20. The molecule has 0 aromatic carbocycles. The van der Waals surface area contributed by atoms with E-state index in [0.29, 0.717) is 10.3 Å². The zero-order chi connectivity index (χ0) is 10.8. The Morgan fingerprint density at radius 1 is 1.62 bits per heavy atom. The van der Waals surface area contributed by atoms with Gasteiger partial charge >= 0.3 is 0 Å². The van der Waals surface area contributed by atoms with Crippen LogP contribution in [0.5, 0.6) is 0 Å². The first-order chi connectivity index (χ1) is 7.18. The molecule has 0 radical (unpaired) electrons. The molecule has 2 atom stereocenters. The molecule has 16 heavy (non-hydrogen) atoms. The molecule has 0 amide bonds. The highest BCUT2D eigenvalue weighted by Crippen LogP contribution is 2.16. The number of nitrogens with one attached hydrogen (secondary N) is 1. The summed E-state index contributed by atoms with van der Waals surface area (Å²) in [5.74, 6) is 0. The topological polar surface area (TPSA) is 54.9 Å². The second-order valence-electron chi connectivity index (χ2n) is 3.54. The van der Waals surface area contributed by atoms with Crippen molar-refractivity contribution >= 4 is 34.8 Å². The van der Waals surface area contributed by atoms with E-state index in [1.54, 1.807) is 6.20 Å². The van der Waals surface area contributed by atoms with Gasteiger partial charge in [-0.2, -0.15) is 0 Å². The maximum Gasteiger partial charge on any atom is 0.220 e. The smallest absolute Gasteiger partial charge is 0.220 e. The molecule has 0 bridgehead atoms. The zero-order valence-electron chi connectivity index (χ0n) is 8.77. The summed E-state index contributed by atoms with van der Waals surface area (Å²) in [5.41, 5.74) is 0.807. The van der Waals surface area contributed by atoms with Gasteiger partial charge in [0.25, 0.3) is 0 Å². The van der Waals surface area contributed by atoms with Crippen molar-refractivity contribution in [3.8, 4) is 0 Å². The quantitative estimate of drug-likeness (QED) is 0.657. The van der Waals surface area contributed by atoms with Crippen LogP contribution >= 0.6 is 24.0 Å². The first kappa shape index (κ1) is 13.8. The third-order valence-electron chi connectivity index (χ3n) is 2.39. The minimum Gasteiger partial charge on any atom is -0.315 e. The number of halogens is 2. The van der Waals surface area contributed by atoms with Crippen LogP contribution in [-0.4, -0.2) is 32.5 Å². The molecule has 1 aromatic rings. The predicted molar refractivity (Wildman–Crippen MR) is 66.7 cm³/mol. The highest BCUT2D eigenvalue weighted by molar-refractivity contribution is 7.85. The van der Waals surface area contributed by atoms with Crippen LogP contribution in [0.15, 0.2) is 11.4 Å². The van der Waals surface area contributed by atoms with E-state index < -0.39 is 10.8 Å². The molecule has 2 rings (SSSR count). The normalized spacial score (nSPS) is 21.5. The fourth-order valence-corrected chi connectivity index (χ4v) is 2.88. The molecule has 0 aliphatic carbocycles. The molecule has 1 aliphatic rings. The first-order valence-corrected chi connectivity index (χ1v) is 6.38. The van der Waals surface area contributed by atoms with Gasteiger partial charge in [-0.25, -0.2) is 9.97 Å². The van der Waals surface area contributed by atoms with E-state index >= 15 is 0 Å². The van der Waals surface area contributed by atoms with Gasteiger partial charge in [-0.05, 0) is 19.9 Å². The van der Waals surface area contributed by atoms with Crippen molar-refractivity contribution < 1.29 is 4.21 Å². The van der Waals surface area contributed by atoms with Gasteiger partial charge in [0, 0.05) is 18.3 Å². The van der Waals surface area contributed by atoms with Crippen molar-refractivity contribution in [2.24, 2.45) is 0 Å². The number of hydrogen-bond acceptors (Lipinski definition) is 4. The van der Waals surface area contributed by atoms with Gasteiger partial charge in [0.1, 0.15) is 5.15 Å². The average Bonchev–Trinajstić information content (AvgIpc) is 2.74. The number of hydrogen-bond donors (Lipinski definition) is 1. The maximum absolute atomic E-state index is 12.0. The lowest BCUT2D eigenvalue weighted by molar-refractivity contribution is 0.664. The molecule has 2 heterocycles. The van der Waals surface area contributed by atoms with Crippen molar-refractivity contribution in [3.05, 3.63) is 16.9 Å². The maximum atomic E-state index is 12.0. The lowest BCUT2D eigenvalue weighted by atomic mass is 10.4. The van der Waals surface area contributed by atoms with E-state index in [9.17, 15) is 4.21 Å². The molecule has 90 valence electrons. The Balaban J connectivity index is 0.00000128. The Morgan fingerprint density at radius 2 is 2.38 bits per heavy atom. The summed E-state index contributed by atoms with van der Waals surface area (Å²) in [7, 11) is -1.15. The Morgan fingerprint density at radius 3 is 2.94 bits per heavy atom. The summed E-state index contributed by atoms with van der Waals surface area (Å²) in [6.45, 7) is 3.50. The molecule has 1 aliphatic heterocycles. The number of aromatic nitrogens is 2. The van der Waals surface area contributed by atoms with Crippen molar-refractivity contribution in [1.82, 2.24) is 15.3 Å². The fourth-order valence-electron chi connectivity index (χ4n) is 1.46. The predicted octanol–water partition coefficient (Wildman–Crippen LogP) is 1.33. The van der Waals surface area contributed by atoms with Crippen LogP contribution in [0.4, 0.5) is 0 Å². The molecule has 1 aromatic heterocycles. The number of rotatable bonds is 2. The monoisotopic (exact) mass is 281 g/mol. The van der Waals surface area contributed by atoms with Gasteiger partial charge in [-0.3, -0.25) is 4.21 Å². The van der Waals surface area contributed by atoms with E-state index in [0.717, 1.165) is 25.1 Å². The standard InChI is InChI=1S/C9H12ClN3OS.ClH/c1-6-4-12-9(13-8(6)10)15(14)7-2-3-11-5-7;/h4,7,11H,2-3,5H2,1H3;1H/t7-,15+;/m0./s1. The molecule has 0 unspecified atom stereocenters.